The number of rotatable bonds is 4. The van der Waals surface area contributed by atoms with Crippen molar-refractivity contribution in [3.8, 4) is 0 Å². The number of esters is 1. The second-order valence-electron chi connectivity index (χ2n) is 5.66. The highest BCUT2D eigenvalue weighted by Gasteiger charge is 2.58. The molecular weight excluding hydrogens is 332 g/mol. The molecule has 2 heterocycles. The Morgan fingerprint density at radius 1 is 1.25 bits per heavy atom. The minimum absolute atomic E-state index is 0.185. The maximum atomic E-state index is 12.0. The van der Waals surface area contributed by atoms with Gasteiger partial charge < -0.3 is 23.7 Å². The summed E-state index contributed by atoms with van der Waals surface area (Å²) in [6, 6.07) is 0. The summed E-state index contributed by atoms with van der Waals surface area (Å²) < 4.78 is 27.8. The van der Waals surface area contributed by atoms with E-state index in [9.17, 15) is 4.79 Å². The summed E-state index contributed by atoms with van der Waals surface area (Å²) >= 11 is 3.34. The summed E-state index contributed by atoms with van der Waals surface area (Å²) in [7, 11) is 1.54. The molecule has 7 heteroatoms. The average Bonchev–Trinajstić information content (AvgIpc) is 2.80. The van der Waals surface area contributed by atoms with Gasteiger partial charge >= 0.3 is 5.97 Å². The van der Waals surface area contributed by atoms with Crippen molar-refractivity contribution in [3.05, 3.63) is 0 Å². The molecule has 0 aromatic rings. The average molecular weight is 353 g/mol. The Bertz CT molecular complexity index is 372. The maximum absolute atomic E-state index is 12.0. The number of ether oxygens (including phenoxy) is 5. The third-order valence-electron chi connectivity index (χ3n) is 3.14. The van der Waals surface area contributed by atoms with Crippen LogP contribution in [0.2, 0.25) is 0 Å². The van der Waals surface area contributed by atoms with Gasteiger partial charge in [0.2, 0.25) is 0 Å². The fraction of sp³-hybridized carbons (Fsp3) is 0.923. The Morgan fingerprint density at radius 2 is 1.85 bits per heavy atom. The largest absolute Gasteiger partial charge is 0.462 e. The number of alkyl halides is 1. The van der Waals surface area contributed by atoms with E-state index in [2.05, 4.69) is 15.9 Å². The van der Waals surface area contributed by atoms with Gasteiger partial charge in [-0.3, -0.25) is 4.79 Å². The quantitative estimate of drug-likeness (QED) is 0.565. The molecule has 2 rings (SSSR count). The van der Waals surface area contributed by atoms with E-state index in [1.54, 1.807) is 13.8 Å². The first-order valence-corrected chi connectivity index (χ1v) is 7.55. The van der Waals surface area contributed by atoms with Crippen LogP contribution in [-0.4, -0.2) is 54.4 Å². The van der Waals surface area contributed by atoms with E-state index >= 15 is 0 Å². The van der Waals surface area contributed by atoms with Gasteiger partial charge in [0.25, 0.3) is 0 Å². The molecule has 116 valence electrons. The van der Waals surface area contributed by atoms with Crippen LogP contribution in [0.3, 0.4) is 0 Å². The lowest BCUT2D eigenvalue weighted by Crippen LogP contribution is -2.41. The lowest BCUT2D eigenvalue weighted by Gasteiger charge is -2.25. The van der Waals surface area contributed by atoms with Crippen LogP contribution in [0.25, 0.3) is 0 Å². The molecule has 0 spiro atoms. The van der Waals surface area contributed by atoms with Crippen molar-refractivity contribution in [2.75, 3.05) is 7.11 Å². The molecule has 0 unspecified atom stereocenters. The molecule has 2 aliphatic rings. The molecule has 2 fully saturated rings. The van der Waals surface area contributed by atoms with Crippen molar-refractivity contribution in [3.63, 3.8) is 0 Å². The molecule has 2 aliphatic heterocycles. The van der Waals surface area contributed by atoms with Crippen LogP contribution in [0.5, 0.6) is 0 Å². The molecule has 5 atom stereocenters. The van der Waals surface area contributed by atoms with Crippen molar-refractivity contribution in [2.24, 2.45) is 0 Å². The number of hydrogen-bond acceptors (Lipinski definition) is 6. The molecule has 20 heavy (non-hydrogen) atoms. The standard InChI is InChI=1S/C13H21BrO6/c1-6(2)17-11(15)7(14)8-9-10(12(16-5)18-8)20-13(3,4)19-9/h6-10,12H,1-5H3/t7-,8-,9-,10-,12-/m1/s1. The Kier molecular flexibility index (Phi) is 4.76. The van der Waals surface area contributed by atoms with Crippen LogP contribution in [0.1, 0.15) is 27.7 Å². The van der Waals surface area contributed by atoms with Gasteiger partial charge in [0.05, 0.1) is 6.10 Å². The summed E-state index contributed by atoms with van der Waals surface area (Å²) in [6.45, 7) is 7.24. The zero-order valence-electron chi connectivity index (χ0n) is 12.3. The minimum Gasteiger partial charge on any atom is -0.462 e. The number of carbonyl (C=O) groups excluding carboxylic acids is 1. The molecule has 0 N–H and O–H groups in total. The summed E-state index contributed by atoms with van der Waals surface area (Å²) in [4.78, 5) is 11.4. The number of fused-ring (bicyclic) bond motifs is 1. The second kappa shape index (κ2) is 5.88. The normalized spacial score (nSPS) is 37.0. The first kappa shape index (κ1) is 16.2. The van der Waals surface area contributed by atoms with E-state index in [-0.39, 0.29) is 24.3 Å². The minimum atomic E-state index is -0.719. The second-order valence-corrected chi connectivity index (χ2v) is 6.64. The van der Waals surface area contributed by atoms with Gasteiger partial charge in [-0.15, -0.1) is 0 Å². The predicted molar refractivity (Wildman–Crippen MR) is 73.4 cm³/mol. The monoisotopic (exact) mass is 352 g/mol. The number of halogens is 1. The topological polar surface area (TPSA) is 63.2 Å². The van der Waals surface area contributed by atoms with Crippen LogP contribution in [0.15, 0.2) is 0 Å². The predicted octanol–water partition coefficient (Wildman–Crippen LogP) is 1.59. The fourth-order valence-corrected chi connectivity index (χ4v) is 2.98. The van der Waals surface area contributed by atoms with Crippen molar-refractivity contribution >= 4 is 21.9 Å². The smallest absolute Gasteiger partial charge is 0.322 e. The zero-order valence-corrected chi connectivity index (χ0v) is 13.9. The van der Waals surface area contributed by atoms with Crippen LogP contribution in [0.4, 0.5) is 0 Å². The summed E-state index contributed by atoms with van der Waals surface area (Å²) in [5.41, 5.74) is 0. The molecule has 0 amide bonds. The number of hydrogen-bond donors (Lipinski definition) is 0. The summed E-state index contributed by atoms with van der Waals surface area (Å²) in [5.74, 6) is -1.10. The van der Waals surface area contributed by atoms with E-state index in [4.69, 9.17) is 23.7 Å². The highest BCUT2D eigenvalue weighted by Crippen LogP contribution is 2.41. The molecule has 0 saturated carbocycles. The third-order valence-corrected chi connectivity index (χ3v) is 4.04. The molecule has 0 aliphatic carbocycles. The van der Waals surface area contributed by atoms with Crippen molar-refractivity contribution in [1.82, 2.24) is 0 Å². The molecule has 0 radical (unpaired) electrons. The summed E-state index contributed by atoms with van der Waals surface area (Å²) in [5, 5.41) is 0. The van der Waals surface area contributed by atoms with Gasteiger partial charge in [-0.25, -0.2) is 0 Å². The summed E-state index contributed by atoms with van der Waals surface area (Å²) in [6.07, 6.45) is -1.99. The van der Waals surface area contributed by atoms with E-state index < -0.39 is 23.0 Å². The van der Waals surface area contributed by atoms with Gasteiger partial charge in [0.15, 0.2) is 12.1 Å². The molecule has 0 aromatic heterocycles. The van der Waals surface area contributed by atoms with Gasteiger partial charge in [0.1, 0.15) is 23.1 Å². The van der Waals surface area contributed by atoms with E-state index in [0.29, 0.717) is 0 Å². The molecule has 2 saturated heterocycles. The lowest BCUT2D eigenvalue weighted by atomic mass is 10.1. The van der Waals surface area contributed by atoms with Crippen LogP contribution < -0.4 is 0 Å². The van der Waals surface area contributed by atoms with Gasteiger partial charge in [0, 0.05) is 7.11 Å². The van der Waals surface area contributed by atoms with Crippen LogP contribution in [-0.2, 0) is 28.5 Å². The Hall–Kier alpha value is -0.210. The highest BCUT2D eigenvalue weighted by molar-refractivity contribution is 9.10. The van der Waals surface area contributed by atoms with Crippen LogP contribution >= 0.6 is 15.9 Å². The molecule has 0 bridgehead atoms. The SMILES string of the molecule is CO[C@@H]1O[C@H]([C@@H](Br)C(=O)OC(C)C)[C@H]2OC(C)(C)O[C@@H]12. The highest BCUT2D eigenvalue weighted by atomic mass is 79.9. The van der Waals surface area contributed by atoms with Crippen molar-refractivity contribution < 1.29 is 28.5 Å². The van der Waals surface area contributed by atoms with Gasteiger partial charge in [-0.2, -0.15) is 0 Å². The lowest BCUT2D eigenvalue weighted by molar-refractivity contribution is -0.227. The molecular formula is C13H21BrO6. The van der Waals surface area contributed by atoms with E-state index in [0.717, 1.165) is 0 Å². The fourth-order valence-electron chi connectivity index (χ4n) is 2.45. The maximum Gasteiger partial charge on any atom is 0.322 e. The third kappa shape index (κ3) is 3.17. The van der Waals surface area contributed by atoms with Crippen molar-refractivity contribution in [1.29, 1.82) is 0 Å². The first-order chi connectivity index (χ1) is 9.25. The molecule has 0 aromatic carbocycles. The Morgan fingerprint density at radius 3 is 2.40 bits per heavy atom. The van der Waals surface area contributed by atoms with Gasteiger partial charge in [-0.1, -0.05) is 15.9 Å². The number of methoxy groups -OCH3 is 1. The van der Waals surface area contributed by atoms with Gasteiger partial charge in [-0.05, 0) is 27.7 Å². The first-order valence-electron chi connectivity index (χ1n) is 6.63. The Balaban J connectivity index is 2.10. The van der Waals surface area contributed by atoms with Crippen LogP contribution in [0, 0.1) is 0 Å². The van der Waals surface area contributed by atoms with Crippen molar-refractivity contribution in [2.45, 2.75) is 69.0 Å². The number of carbonyl (C=O) groups is 1. The molecule has 6 nitrogen and oxygen atoms in total. The van der Waals surface area contributed by atoms with E-state index in [1.807, 2.05) is 13.8 Å². The van der Waals surface area contributed by atoms with E-state index in [1.165, 1.54) is 7.11 Å². The zero-order chi connectivity index (χ0) is 15.1. The Labute approximate surface area is 127 Å².